The molecule has 0 fully saturated rings. The summed E-state index contributed by atoms with van der Waals surface area (Å²) >= 11 is 0. The fourth-order valence-electron chi connectivity index (χ4n) is 3.91. The van der Waals surface area contributed by atoms with Crippen molar-refractivity contribution in [3.63, 3.8) is 0 Å². The van der Waals surface area contributed by atoms with E-state index in [1.54, 1.807) is 54.6 Å². The van der Waals surface area contributed by atoms with Crippen molar-refractivity contribution in [3.8, 4) is 17.2 Å². The molecule has 0 aliphatic rings. The molecule has 6 aromatic rings. The van der Waals surface area contributed by atoms with Gasteiger partial charge in [0.25, 0.3) is 0 Å². The Morgan fingerprint density at radius 1 is 0.375 bits per heavy atom. The molecule has 0 spiro atoms. The maximum absolute atomic E-state index is 11.5. The fraction of sp³-hybridized carbons (Fsp3) is 0. The Morgan fingerprint density at radius 3 is 0.875 bits per heavy atom. The second kappa shape index (κ2) is 13.6. The molecule has 0 amide bonds. The molecule has 0 heterocycles. The van der Waals surface area contributed by atoms with Gasteiger partial charge in [-0.3, -0.25) is 0 Å². The molecule has 0 aliphatic heterocycles. The van der Waals surface area contributed by atoms with Crippen molar-refractivity contribution in [1.82, 2.24) is 0 Å². The van der Waals surface area contributed by atoms with Crippen molar-refractivity contribution < 1.29 is 15.3 Å². The number of benzene rings is 6. The third kappa shape index (κ3) is 6.27. The first-order chi connectivity index (χ1) is 19.0. The van der Waals surface area contributed by atoms with Gasteiger partial charge in [-0.1, -0.05) is 108 Å². The molecular formula is C30H18AlN3O6. The Labute approximate surface area is 238 Å². The van der Waals surface area contributed by atoms with Crippen molar-refractivity contribution in [3.05, 3.63) is 124 Å². The summed E-state index contributed by atoms with van der Waals surface area (Å²) < 4.78 is 0. The zero-order chi connectivity index (χ0) is 27.8. The van der Waals surface area contributed by atoms with Crippen LogP contribution in [0.1, 0.15) is 0 Å². The molecule has 192 valence electrons. The predicted octanol–water partition coefficient (Wildman–Crippen LogP) is 6.55. The second-order valence-corrected chi connectivity index (χ2v) is 8.18. The first-order valence-electron chi connectivity index (χ1n) is 11.5. The standard InChI is InChI=1S/3C10H7NO2.Al/c3*12-10-8-4-2-1-3-7(8)5-6-9(10)11-13;/h3*1-6,12H;/q;;;+3/p-3. The number of rotatable bonds is 3. The van der Waals surface area contributed by atoms with Gasteiger partial charge in [0.05, 0.1) is 0 Å². The van der Waals surface area contributed by atoms with Crippen molar-refractivity contribution >= 4 is 66.7 Å². The summed E-state index contributed by atoms with van der Waals surface area (Å²) in [5.74, 6) is -0.894. The number of hydrogen-bond donors (Lipinski definition) is 0. The summed E-state index contributed by atoms with van der Waals surface area (Å²) in [4.78, 5) is 30.7. The average Bonchev–Trinajstić information content (AvgIpc) is 2.99. The maximum Gasteiger partial charge on any atom is 3.00 e. The van der Waals surface area contributed by atoms with Crippen LogP contribution in [0.15, 0.2) is 125 Å². The number of hydrogen-bond acceptors (Lipinski definition) is 9. The van der Waals surface area contributed by atoms with Gasteiger partial charge in [0.1, 0.15) is 17.1 Å². The van der Waals surface area contributed by atoms with Crippen LogP contribution in [0.25, 0.3) is 32.3 Å². The second-order valence-electron chi connectivity index (χ2n) is 8.18. The number of nitrogens with zero attached hydrogens (tertiary/aromatic N) is 3. The van der Waals surface area contributed by atoms with Crippen LogP contribution in [-0.2, 0) is 0 Å². The average molecular weight is 543 g/mol. The molecule has 40 heavy (non-hydrogen) atoms. The summed E-state index contributed by atoms with van der Waals surface area (Å²) in [6.07, 6.45) is 0. The largest absolute Gasteiger partial charge is 3.00 e. The van der Waals surface area contributed by atoms with Crippen LogP contribution in [0.3, 0.4) is 0 Å². The molecule has 0 bridgehead atoms. The van der Waals surface area contributed by atoms with E-state index in [9.17, 15) is 30.0 Å². The van der Waals surface area contributed by atoms with E-state index in [1.165, 1.54) is 18.2 Å². The van der Waals surface area contributed by atoms with E-state index in [-0.39, 0.29) is 51.7 Å². The zero-order valence-corrected chi connectivity index (χ0v) is 21.9. The quantitative estimate of drug-likeness (QED) is 0.182. The number of nitroso groups, excluding NO2 is 3. The van der Waals surface area contributed by atoms with Crippen molar-refractivity contribution in [2.45, 2.75) is 0 Å². The van der Waals surface area contributed by atoms with Crippen LogP contribution in [0.5, 0.6) is 17.2 Å². The van der Waals surface area contributed by atoms with Crippen LogP contribution in [0.2, 0.25) is 0 Å². The van der Waals surface area contributed by atoms with Crippen molar-refractivity contribution in [2.75, 3.05) is 0 Å². The number of fused-ring (bicyclic) bond motifs is 3. The van der Waals surface area contributed by atoms with Crippen LogP contribution in [0, 0.1) is 14.7 Å². The van der Waals surface area contributed by atoms with E-state index < -0.39 is 0 Å². The molecule has 6 aromatic carbocycles. The zero-order valence-electron chi connectivity index (χ0n) is 20.8. The Hall–Kier alpha value is -5.17. The van der Waals surface area contributed by atoms with E-state index in [1.807, 2.05) is 36.4 Å². The van der Waals surface area contributed by atoms with E-state index in [4.69, 9.17) is 0 Å². The van der Waals surface area contributed by atoms with Gasteiger partial charge in [-0.15, -0.1) is 14.7 Å². The molecular weight excluding hydrogens is 525 g/mol. The Kier molecular flexibility index (Phi) is 9.97. The SMILES string of the molecule is O=Nc1ccc2ccccc2c1[O-].O=Nc1ccc2ccccc2c1[O-].O=Nc1ccc2ccccc2c1[O-].[Al+3]. The smallest absolute Gasteiger partial charge is 0.871 e. The van der Waals surface area contributed by atoms with Crippen molar-refractivity contribution in [1.29, 1.82) is 0 Å². The minimum Gasteiger partial charge on any atom is -0.871 e. The molecule has 0 unspecified atom stereocenters. The monoisotopic (exact) mass is 543 g/mol. The van der Waals surface area contributed by atoms with Gasteiger partial charge in [-0.05, 0) is 66.0 Å². The van der Waals surface area contributed by atoms with Gasteiger partial charge in [0.15, 0.2) is 0 Å². The molecule has 0 aromatic heterocycles. The van der Waals surface area contributed by atoms with E-state index >= 15 is 0 Å². The topological polar surface area (TPSA) is 157 Å². The van der Waals surface area contributed by atoms with Gasteiger partial charge < -0.3 is 15.3 Å². The molecule has 0 atom stereocenters. The van der Waals surface area contributed by atoms with Crippen LogP contribution in [-0.4, -0.2) is 17.4 Å². The Balaban J connectivity index is 0.000000163. The molecule has 0 radical (unpaired) electrons. The van der Waals surface area contributed by atoms with Gasteiger partial charge in [0.2, 0.25) is 0 Å². The van der Waals surface area contributed by atoms with Crippen LogP contribution >= 0.6 is 0 Å². The summed E-state index contributed by atoms with van der Waals surface area (Å²) in [6, 6.07) is 30.8. The minimum absolute atomic E-state index is 0. The van der Waals surface area contributed by atoms with Crippen LogP contribution < -0.4 is 15.3 Å². The normalized spacial score (nSPS) is 9.90. The first-order valence-corrected chi connectivity index (χ1v) is 11.5. The molecule has 6 rings (SSSR count). The van der Waals surface area contributed by atoms with Gasteiger partial charge >= 0.3 is 17.4 Å². The molecule has 0 aliphatic carbocycles. The predicted molar refractivity (Wildman–Crippen MR) is 152 cm³/mol. The molecule has 9 nitrogen and oxygen atoms in total. The van der Waals surface area contributed by atoms with E-state index in [2.05, 4.69) is 15.5 Å². The Morgan fingerprint density at radius 2 is 0.625 bits per heavy atom. The fourth-order valence-corrected chi connectivity index (χ4v) is 3.91. The maximum atomic E-state index is 11.5. The van der Waals surface area contributed by atoms with Crippen molar-refractivity contribution in [2.24, 2.45) is 15.5 Å². The van der Waals surface area contributed by atoms with Crippen LogP contribution in [0.4, 0.5) is 17.1 Å². The Bertz CT molecular complexity index is 1620. The molecule has 0 saturated heterocycles. The van der Waals surface area contributed by atoms with E-state index in [0.29, 0.717) is 16.2 Å². The molecule has 0 N–H and O–H groups in total. The first kappa shape index (κ1) is 29.4. The summed E-state index contributed by atoms with van der Waals surface area (Å²) in [5.41, 5.74) is -0.0869. The third-order valence-corrected chi connectivity index (χ3v) is 5.87. The van der Waals surface area contributed by atoms with Gasteiger partial charge in [-0.2, -0.15) is 0 Å². The van der Waals surface area contributed by atoms with E-state index in [0.717, 1.165) is 16.2 Å². The third-order valence-electron chi connectivity index (χ3n) is 5.87. The van der Waals surface area contributed by atoms with Gasteiger partial charge in [0, 0.05) is 0 Å². The molecule has 10 heteroatoms. The summed E-state index contributed by atoms with van der Waals surface area (Å²) in [6.45, 7) is 0. The van der Waals surface area contributed by atoms with Gasteiger partial charge in [-0.25, -0.2) is 0 Å². The summed E-state index contributed by atoms with van der Waals surface area (Å²) in [5, 5.41) is 46.5. The molecule has 0 saturated carbocycles. The summed E-state index contributed by atoms with van der Waals surface area (Å²) in [7, 11) is 0. The minimum atomic E-state index is -0.298.